The molecule has 21 heavy (non-hydrogen) atoms. The lowest BCUT2D eigenvalue weighted by atomic mass is 10.2. The van der Waals surface area contributed by atoms with E-state index in [4.69, 9.17) is 28.9 Å². The van der Waals surface area contributed by atoms with E-state index in [1.165, 1.54) is 11.8 Å². The fourth-order valence-corrected chi connectivity index (χ4v) is 2.83. The number of nitrogen functional groups attached to an aromatic ring is 1. The third-order valence-electron chi connectivity index (χ3n) is 2.75. The summed E-state index contributed by atoms with van der Waals surface area (Å²) in [6, 6.07) is 10.9. The van der Waals surface area contributed by atoms with Crippen molar-refractivity contribution in [3.05, 3.63) is 52.0 Å². The fourth-order valence-electron chi connectivity index (χ4n) is 1.73. The molecule has 0 saturated heterocycles. The highest BCUT2D eigenvalue weighted by Gasteiger charge is 2.09. The maximum atomic E-state index is 12.0. The minimum atomic E-state index is -0.163. The van der Waals surface area contributed by atoms with Crippen LogP contribution in [0, 0.1) is 6.92 Å². The van der Waals surface area contributed by atoms with Gasteiger partial charge in [-0.1, -0.05) is 35.3 Å². The molecule has 0 atom stereocenters. The van der Waals surface area contributed by atoms with Crippen LogP contribution >= 0.6 is 35.0 Å². The minimum absolute atomic E-state index is 0.163. The summed E-state index contributed by atoms with van der Waals surface area (Å²) < 4.78 is 0. The van der Waals surface area contributed by atoms with Gasteiger partial charge in [-0.25, -0.2) is 0 Å². The largest absolute Gasteiger partial charge is 0.398 e. The smallest absolute Gasteiger partial charge is 0.234 e. The van der Waals surface area contributed by atoms with Gasteiger partial charge in [0.1, 0.15) is 0 Å². The van der Waals surface area contributed by atoms with Crippen molar-refractivity contribution in [3.63, 3.8) is 0 Å². The summed E-state index contributed by atoms with van der Waals surface area (Å²) in [6.07, 6.45) is 0. The highest BCUT2D eigenvalue weighted by molar-refractivity contribution is 8.00. The first kappa shape index (κ1) is 16.0. The van der Waals surface area contributed by atoms with Crippen molar-refractivity contribution >= 4 is 52.2 Å². The van der Waals surface area contributed by atoms with E-state index in [-0.39, 0.29) is 11.7 Å². The van der Waals surface area contributed by atoms with Gasteiger partial charge < -0.3 is 11.1 Å². The number of thioether (sulfide) groups is 1. The van der Waals surface area contributed by atoms with Crippen LogP contribution in [0.15, 0.2) is 41.3 Å². The number of benzene rings is 2. The summed E-state index contributed by atoms with van der Waals surface area (Å²) in [5.41, 5.74) is 8.18. The Hall–Kier alpha value is -1.36. The van der Waals surface area contributed by atoms with Crippen molar-refractivity contribution < 1.29 is 4.79 Å². The van der Waals surface area contributed by atoms with Crippen LogP contribution in [0.4, 0.5) is 11.4 Å². The maximum Gasteiger partial charge on any atom is 0.234 e. The van der Waals surface area contributed by atoms with Crippen molar-refractivity contribution in [2.75, 3.05) is 16.8 Å². The molecule has 3 nitrogen and oxygen atoms in total. The second-order valence-electron chi connectivity index (χ2n) is 4.48. The lowest BCUT2D eigenvalue weighted by molar-refractivity contribution is -0.113. The van der Waals surface area contributed by atoms with Gasteiger partial charge in [0.25, 0.3) is 0 Å². The molecule has 0 aromatic heterocycles. The number of halogens is 2. The molecule has 0 saturated carbocycles. The van der Waals surface area contributed by atoms with E-state index < -0.39 is 0 Å². The molecular weight excluding hydrogens is 327 g/mol. The number of rotatable bonds is 4. The van der Waals surface area contributed by atoms with Crippen molar-refractivity contribution in [1.29, 1.82) is 0 Å². The van der Waals surface area contributed by atoms with E-state index in [0.29, 0.717) is 21.4 Å². The molecule has 0 fully saturated rings. The Morgan fingerprint density at radius 1 is 1.29 bits per heavy atom. The van der Waals surface area contributed by atoms with Crippen molar-refractivity contribution in [2.24, 2.45) is 0 Å². The molecular formula is C15H14Cl2N2OS. The van der Waals surface area contributed by atoms with E-state index in [1.807, 2.05) is 25.1 Å². The molecule has 6 heteroatoms. The normalized spacial score (nSPS) is 10.4. The number of anilines is 2. The number of amides is 1. The lowest BCUT2D eigenvalue weighted by Crippen LogP contribution is -2.14. The van der Waals surface area contributed by atoms with Gasteiger partial charge in [0.2, 0.25) is 5.91 Å². The minimum Gasteiger partial charge on any atom is -0.398 e. The van der Waals surface area contributed by atoms with Crippen molar-refractivity contribution in [2.45, 2.75) is 11.8 Å². The summed E-state index contributed by atoms with van der Waals surface area (Å²) in [6.45, 7) is 1.97. The van der Waals surface area contributed by atoms with Crippen LogP contribution in [0.25, 0.3) is 0 Å². The molecule has 1 amide bonds. The molecule has 3 N–H and O–H groups in total. The Kier molecular flexibility index (Phi) is 5.39. The Morgan fingerprint density at radius 2 is 2.05 bits per heavy atom. The zero-order valence-corrected chi connectivity index (χ0v) is 13.6. The van der Waals surface area contributed by atoms with Gasteiger partial charge in [-0.2, -0.15) is 0 Å². The highest BCUT2D eigenvalue weighted by atomic mass is 35.5. The molecule has 0 aliphatic heterocycles. The SMILES string of the molecule is Cc1ccc(SCC(=O)Nc2cccc(Cl)c2Cl)c(N)c1. The number of nitrogens with one attached hydrogen (secondary N) is 1. The average molecular weight is 341 g/mol. The van der Waals surface area contributed by atoms with Gasteiger partial charge in [0.15, 0.2) is 0 Å². The zero-order chi connectivity index (χ0) is 15.4. The van der Waals surface area contributed by atoms with E-state index in [9.17, 15) is 4.79 Å². The second kappa shape index (κ2) is 7.07. The molecule has 0 heterocycles. The van der Waals surface area contributed by atoms with Crippen LogP contribution < -0.4 is 11.1 Å². The Balaban J connectivity index is 1.97. The molecule has 2 rings (SSSR count). The van der Waals surface area contributed by atoms with Crippen LogP contribution in [0.1, 0.15) is 5.56 Å². The summed E-state index contributed by atoms with van der Waals surface area (Å²) in [4.78, 5) is 12.8. The highest BCUT2D eigenvalue weighted by Crippen LogP contribution is 2.30. The molecule has 110 valence electrons. The Labute approximate surface area is 137 Å². The van der Waals surface area contributed by atoms with Crippen LogP contribution in [0.2, 0.25) is 10.0 Å². The summed E-state index contributed by atoms with van der Waals surface area (Å²) in [7, 11) is 0. The van der Waals surface area contributed by atoms with Crippen LogP contribution in [0.5, 0.6) is 0 Å². The van der Waals surface area contributed by atoms with Gasteiger partial charge >= 0.3 is 0 Å². The molecule has 0 aliphatic carbocycles. The van der Waals surface area contributed by atoms with Crippen LogP contribution in [-0.4, -0.2) is 11.7 Å². The number of hydrogen-bond donors (Lipinski definition) is 2. The summed E-state index contributed by atoms with van der Waals surface area (Å²) in [5, 5.41) is 3.48. The third kappa shape index (κ3) is 4.30. The topological polar surface area (TPSA) is 55.1 Å². The third-order valence-corrected chi connectivity index (χ3v) is 4.66. The van der Waals surface area contributed by atoms with Gasteiger partial charge in [-0.15, -0.1) is 11.8 Å². The first-order valence-electron chi connectivity index (χ1n) is 6.20. The van der Waals surface area contributed by atoms with E-state index in [2.05, 4.69) is 5.32 Å². The molecule has 0 bridgehead atoms. The van der Waals surface area contributed by atoms with Crippen molar-refractivity contribution in [3.8, 4) is 0 Å². The molecule has 0 aliphatic rings. The van der Waals surface area contributed by atoms with Crippen molar-refractivity contribution in [1.82, 2.24) is 0 Å². The molecule has 0 radical (unpaired) electrons. The maximum absolute atomic E-state index is 12.0. The quantitative estimate of drug-likeness (QED) is 0.630. The van der Waals surface area contributed by atoms with E-state index in [0.717, 1.165) is 10.5 Å². The van der Waals surface area contributed by atoms with E-state index in [1.54, 1.807) is 18.2 Å². The monoisotopic (exact) mass is 340 g/mol. The number of hydrogen-bond acceptors (Lipinski definition) is 3. The molecule has 0 unspecified atom stereocenters. The first-order valence-corrected chi connectivity index (χ1v) is 7.94. The van der Waals surface area contributed by atoms with E-state index >= 15 is 0 Å². The van der Waals surface area contributed by atoms with Gasteiger partial charge in [0.05, 0.1) is 21.5 Å². The lowest BCUT2D eigenvalue weighted by Gasteiger charge is -2.09. The van der Waals surface area contributed by atoms with Gasteiger partial charge in [0, 0.05) is 10.6 Å². The second-order valence-corrected chi connectivity index (χ2v) is 6.28. The number of aryl methyl sites for hydroxylation is 1. The average Bonchev–Trinajstić information content (AvgIpc) is 2.43. The fraction of sp³-hybridized carbons (Fsp3) is 0.133. The predicted octanol–water partition coefficient (Wildman–Crippen LogP) is 4.61. The van der Waals surface area contributed by atoms with Gasteiger partial charge in [-0.05, 0) is 36.8 Å². The number of carbonyl (C=O) groups excluding carboxylic acids is 1. The van der Waals surface area contributed by atoms with Crippen LogP contribution in [0.3, 0.4) is 0 Å². The van der Waals surface area contributed by atoms with Crippen LogP contribution in [-0.2, 0) is 4.79 Å². The molecule has 0 spiro atoms. The number of nitrogens with two attached hydrogens (primary N) is 1. The standard InChI is InChI=1S/C15H14Cl2N2OS/c1-9-5-6-13(11(18)7-9)21-8-14(20)19-12-4-2-3-10(16)15(12)17/h2-7H,8,18H2,1H3,(H,19,20). The number of carbonyl (C=O) groups is 1. The Bertz CT molecular complexity index is 677. The predicted molar refractivity (Wildman–Crippen MR) is 91.4 cm³/mol. The summed E-state index contributed by atoms with van der Waals surface area (Å²) >= 11 is 13.3. The van der Waals surface area contributed by atoms with Gasteiger partial charge in [-0.3, -0.25) is 4.79 Å². The first-order chi connectivity index (χ1) is 9.97. The molecule has 2 aromatic rings. The summed E-state index contributed by atoms with van der Waals surface area (Å²) in [5.74, 6) is 0.0833. The zero-order valence-electron chi connectivity index (χ0n) is 11.3. The molecule has 2 aromatic carbocycles. The Morgan fingerprint density at radius 3 is 2.76 bits per heavy atom.